The Labute approximate surface area is 130 Å². The molecule has 3 aromatic rings. The quantitative estimate of drug-likeness (QED) is 0.725. The summed E-state index contributed by atoms with van der Waals surface area (Å²) in [7, 11) is 0. The number of aromatic amines is 1. The minimum absolute atomic E-state index is 0.313. The third-order valence-electron chi connectivity index (χ3n) is 3.14. The average Bonchev–Trinajstić information content (AvgIpc) is 2.94. The maximum Gasteiger partial charge on any atom is 0.181 e. The van der Waals surface area contributed by atoms with Crippen molar-refractivity contribution < 1.29 is 8.78 Å². The van der Waals surface area contributed by atoms with Crippen LogP contribution in [0.5, 0.6) is 0 Å². The van der Waals surface area contributed by atoms with Gasteiger partial charge in [0.05, 0.1) is 10.7 Å². The molecule has 0 radical (unpaired) electrons. The Balaban J connectivity index is 1.84. The maximum absolute atomic E-state index is 13.2. The van der Waals surface area contributed by atoms with E-state index in [-0.39, 0.29) is 0 Å². The van der Waals surface area contributed by atoms with E-state index in [9.17, 15) is 8.78 Å². The highest BCUT2D eigenvalue weighted by Gasteiger charge is 2.09. The van der Waals surface area contributed by atoms with Gasteiger partial charge in [0.15, 0.2) is 17.5 Å². The number of nitrogens with one attached hydrogen (secondary N) is 1. The van der Waals surface area contributed by atoms with Crippen molar-refractivity contribution in [3.8, 4) is 11.4 Å². The maximum atomic E-state index is 13.2. The first-order valence-corrected chi connectivity index (χ1v) is 6.81. The highest BCUT2D eigenvalue weighted by molar-refractivity contribution is 6.33. The van der Waals surface area contributed by atoms with Gasteiger partial charge < -0.3 is 5.73 Å². The third kappa shape index (κ3) is 2.92. The van der Waals surface area contributed by atoms with Gasteiger partial charge >= 0.3 is 0 Å². The topological polar surface area (TPSA) is 67.6 Å². The molecule has 1 heterocycles. The van der Waals surface area contributed by atoms with Crippen LogP contribution in [0.1, 0.15) is 11.4 Å². The van der Waals surface area contributed by atoms with Crippen molar-refractivity contribution >= 4 is 17.3 Å². The highest BCUT2D eigenvalue weighted by Crippen LogP contribution is 2.24. The predicted octanol–water partition coefficient (Wildman–Crippen LogP) is 3.58. The van der Waals surface area contributed by atoms with Crippen LogP contribution in [0.15, 0.2) is 36.4 Å². The van der Waals surface area contributed by atoms with Crippen molar-refractivity contribution in [2.75, 3.05) is 5.73 Å². The molecule has 2 aromatic carbocycles. The lowest BCUT2D eigenvalue weighted by atomic mass is 10.1. The van der Waals surface area contributed by atoms with E-state index in [0.29, 0.717) is 34.3 Å². The minimum Gasteiger partial charge on any atom is -0.398 e. The molecule has 0 saturated heterocycles. The van der Waals surface area contributed by atoms with Crippen LogP contribution in [-0.2, 0) is 6.42 Å². The second-order valence-electron chi connectivity index (χ2n) is 4.77. The molecule has 0 aliphatic carbocycles. The smallest absolute Gasteiger partial charge is 0.181 e. The predicted molar refractivity (Wildman–Crippen MR) is 80.4 cm³/mol. The third-order valence-corrected chi connectivity index (χ3v) is 3.49. The summed E-state index contributed by atoms with van der Waals surface area (Å²) >= 11 is 5.87. The van der Waals surface area contributed by atoms with Gasteiger partial charge in [0.2, 0.25) is 0 Å². The number of halogens is 3. The van der Waals surface area contributed by atoms with Gasteiger partial charge in [0.1, 0.15) is 5.82 Å². The fourth-order valence-corrected chi connectivity index (χ4v) is 2.15. The average molecular weight is 321 g/mol. The Hall–Kier alpha value is -2.47. The number of nitrogens with two attached hydrogens (primary N) is 1. The highest BCUT2D eigenvalue weighted by atomic mass is 35.5. The summed E-state index contributed by atoms with van der Waals surface area (Å²) in [6.45, 7) is 0. The summed E-state index contributed by atoms with van der Waals surface area (Å²) < 4.78 is 26.1. The number of nitrogens with zero attached hydrogens (tertiary/aromatic N) is 2. The monoisotopic (exact) mass is 320 g/mol. The molecular formula is C15H11ClF2N4. The van der Waals surface area contributed by atoms with E-state index in [2.05, 4.69) is 15.2 Å². The Kier molecular flexibility index (Phi) is 3.77. The number of hydrogen-bond acceptors (Lipinski definition) is 3. The second kappa shape index (κ2) is 5.73. The van der Waals surface area contributed by atoms with Crippen molar-refractivity contribution in [1.29, 1.82) is 0 Å². The van der Waals surface area contributed by atoms with Crippen LogP contribution in [0.2, 0.25) is 5.02 Å². The Morgan fingerprint density at radius 2 is 1.91 bits per heavy atom. The molecule has 0 fully saturated rings. The molecule has 3 rings (SSSR count). The first kappa shape index (κ1) is 14.5. The molecule has 0 unspecified atom stereocenters. The fourth-order valence-electron chi connectivity index (χ4n) is 2.03. The zero-order chi connectivity index (χ0) is 15.7. The van der Waals surface area contributed by atoms with Crippen LogP contribution in [-0.4, -0.2) is 15.2 Å². The van der Waals surface area contributed by atoms with Gasteiger partial charge in [-0.1, -0.05) is 17.7 Å². The zero-order valence-corrected chi connectivity index (χ0v) is 12.0. The molecule has 0 aliphatic heterocycles. The molecule has 1 aromatic heterocycles. The fraction of sp³-hybridized carbons (Fsp3) is 0.0667. The van der Waals surface area contributed by atoms with E-state index in [4.69, 9.17) is 17.3 Å². The molecule has 0 amide bonds. The number of nitrogen functional groups attached to an aromatic ring is 1. The molecule has 0 saturated carbocycles. The minimum atomic E-state index is -0.886. The molecule has 0 bridgehead atoms. The van der Waals surface area contributed by atoms with Crippen LogP contribution >= 0.6 is 11.6 Å². The summed E-state index contributed by atoms with van der Waals surface area (Å²) in [6, 6.07) is 8.81. The Morgan fingerprint density at radius 3 is 2.64 bits per heavy atom. The first-order valence-electron chi connectivity index (χ1n) is 6.43. The summed E-state index contributed by atoms with van der Waals surface area (Å²) in [4.78, 5) is 4.32. The number of anilines is 1. The normalized spacial score (nSPS) is 10.9. The van der Waals surface area contributed by atoms with Gasteiger partial charge in [-0.15, -0.1) is 0 Å². The Morgan fingerprint density at radius 1 is 1.09 bits per heavy atom. The number of H-pyrrole nitrogens is 1. The zero-order valence-electron chi connectivity index (χ0n) is 11.3. The van der Waals surface area contributed by atoms with E-state index in [1.54, 1.807) is 18.2 Å². The van der Waals surface area contributed by atoms with Crippen molar-refractivity contribution in [3.05, 3.63) is 64.4 Å². The van der Waals surface area contributed by atoms with Gasteiger partial charge in [0, 0.05) is 12.0 Å². The van der Waals surface area contributed by atoms with Crippen molar-refractivity contribution in [1.82, 2.24) is 15.2 Å². The standard InChI is InChI=1S/C15H11ClF2N4/c16-10-3-2-9(7-13(10)19)15-20-14(21-22-15)6-8-1-4-11(17)12(18)5-8/h1-5,7H,6,19H2,(H,20,21,22). The number of aromatic nitrogens is 3. The van der Waals surface area contributed by atoms with E-state index >= 15 is 0 Å². The van der Waals surface area contributed by atoms with Crippen LogP contribution in [0.25, 0.3) is 11.4 Å². The van der Waals surface area contributed by atoms with Gasteiger partial charge in [-0.2, -0.15) is 5.10 Å². The molecule has 0 aliphatic rings. The molecule has 4 nitrogen and oxygen atoms in total. The molecule has 0 atom stereocenters. The van der Waals surface area contributed by atoms with Crippen LogP contribution in [0.3, 0.4) is 0 Å². The van der Waals surface area contributed by atoms with Crippen molar-refractivity contribution in [2.24, 2.45) is 0 Å². The van der Waals surface area contributed by atoms with Gasteiger partial charge in [0.25, 0.3) is 0 Å². The van der Waals surface area contributed by atoms with Crippen LogP contribution in [0.4, 0.5) is 14.5 Å². The first-order chi connectivity index (χ1) is 10.5. The molecule has 112 valence electrons. The number of hydrogen-bond donors (Lipinski definition) is 2. The van der Waals surface area contributed by atoms with Crippen LogP contribution in [0, 0.1) is 11.6 Å². The number of benzene rings is 2. The Bertz CT molecular complexity index is 832. The molecule has 0 spiro atoms. The van der Waals surface area contributed by atoms with E-state index < -0.39 is 11.6 Å². The largest absolute Gasteiger partial charge is 0.398 e. The summed E-state index contributed by atoms with van der Waals surface area (Å²) in [5.74, 6) is -0.767. The SMILES string of the molecule is Nc1cc(-c2n[nH]c(Cc3ccc(F)c(F)c3)n2)ccc1Cl. The lowest BCUT2D eigenvalue weighted by Gasteiger charge is -2.00. The lowest BCUT2D eigenvalue weighted by molar-refractivity contribution is 0.507. The van der Waals surface area contributed by atoms with Gasteiger partial charge in [-0.05, 0) is 35.9 Å². The van der Waals surface area contributed by atoms with Crippen molar-refractivity contribution in [2.45, 2.75) is 6.42 Å². The van der Waals surface area contributed by atoms with E-state index in [0.717, 1.165) is 17.7 Å². The van der Waals surface area contributed by atoms with Gasteiger partial charge in [-0.3, -0.25) is 5.10 Å². The lowest BCUT2D eigenvalue weighted by Crippen LogP contribution is -1.93. The summed E-state index contributed by atoms with van der Waals surface area (Å²) in [6.07, 6.45) is 0.313. The molecule has 7 heteroatoms. The van der Waals surface area contributed by atoms with Crippen LogP contribution < -0.4 is 5.73 Å². The van der Waals surface area contributed by atoms with E-state index in [1.807, 2.05) is 0 Å². The van der Waals surface area contributed by atoms with Gasteiger partial charge in [-0.25, -0.2) is 13.8 Å². The summed E-state index contributed by atoms with van der Waals surface area (Å²) in [5, 5.41) is 7.32. The van der Waals surface area contributed by atoms with E-state index in [1.165, 1.54) is 6.07 Å². The summed E-state index contributed by atoms with van der Waals surface area (Å²) in [5.41, 5.74) is 7.49. The molecule has 22 heavy (non-hydrogen) atoms. The molecule has 3 N–H and O–H groups in total. The second-order valence-corrected chi connectivity index (χ2v) is 5.17. The van der Waals surface area contributed by atoms with Crippen molar-refractivity contribution in [3.63, 3.8) is 0 Å². The molecular weight excluding hydrogens is 310 g/mol. The number of rotatable bonds is 3.